The average molecular weight is 331 g/mol. The Hall–Kier alpha value is -1.16. The first-order valence-corrected chi connectivity index (χ1v) is 8.86. The lowest BCUT2D eigenvalue weighted by atomic mass is 10.1. The van der Waals surface area contributed by atoms with Gasteiger partial charge in [-0.3, -0.25) is 0 Å². The minimum absolute atomic E-state index is 0.0502. The highest BCUT2D eigenvalue weighted by atomic mass is 32.5. The Morgan fingerprint density at radius 3 is 3.05 bits per heavy atom. The molecule has 21 heavy (non-hydrogen) atoms. The molecule has 1 aliphatic rings. The van der Waals surface area contributed by atoms with Crippen molar-refractivity contribution >= 4 is 30.0 Å². The van der Waals surface area contributed by atoms with E-state index in [4.69, 9.17) is 24.8 Å². The van der Waals surface area contributed by atoms with Crippen LogP contribution >= 0.6 is 6.72 Å². The second kappa shape index (κ2) is 5.56. The normalized spacial score (nSPS) is 23.0. The molecule has 3 heterocycles. The first-order chi connectivity index (χ1) is 9.94. The quantitative estimate of drug-likeness (QED) is 0.671. The van der Waals surface area contributed by atoms with Gasteiger partial charge in [-0.15, -0.1) is 0 Å². The number of nitrogens with two attached hydrogens (primary N) is 1. The Morgan fingerprint density at radius 1 is 1.48 bits per heavy atom. The summed E-state index contributed by atoms with van der Waals surface area (Å²) in [6.07, 6.45) is 4.01. The minimum atomic E-state index is -3.65. The first-order valence-electron chi connectivity index (χ1n) is 6.24. The SMILES string of the molecule is Nc1ncnn2c([C@H]3CC[C@@H](COP(O)(O)=S)O3)cnc12. The smallest absolute Gasteiger partial charge is 0.321 e. The Kier molecular flexibility index (Phi) is 3.91. The second-order valence-electron chi connectivity index (χ2n) is 4.67. The van der Waals surface area contributed by atoms with Crippen molar-refractivity contribution in [2.75, 3.05) is 12.3 Å². The molecule has 2 aromatic rings. The average Bonchev–Trinajstić information content (AvgIpc) is 3.02. The van der Waals surface area contributed by atoms with Crippen molar-refractivity contribution in [2.45, 2.75) is 25.0 Å². The number of fused-ring (bicyclic) bond motifs is 1. The van der Waals surface area contributed by atoms with Crippen LogP contribution < -0.4 is 5.73 Å². The van der Waals surface area contributed by atoms with Gasteiger partial charge in [0.2, 0.25) is 0 Å². The molecule has 0 amide bonds. The van der Waals surface area contributed by atoms with E-state index in [1.165, 1.54) is 6.33 Å². The van der Waals surface area contributed by atoms with Gasteiger partial charge in [0.25, 0.3) is 0 Å². The molecule has 1 saturated heterocycles. The third-order valence-electron chi connectivity index (χ3n) is 3.22. The van der Waals surface area contributed by atoms with Crippen LogP contribution in [0.4, 0.5) is 5.82 Å². The summed E-state index contributed by atoms with van der Waals surface area (Å²) in [6, 6.07) is 0. The zero-order chi connectivity index (χ0) is 15.0. The zero-order valence-electron chi connectivity index (χ0n) is 10.9. The van der Waals surface area contributed by atoms with Gasteiger partial charge < -0.3 is 24.8 Å². The zero-order valence-corrected chi connectivity index (χ0v) is 12.6. The van der Waals surface area contributed by atoms with Gasteiger partial charge in [-0.2, -0.15) is 5.10 Å². The molecule has 0 aliphatic carbocycles. The molecule has 114 valence electrons. The number of ether oxygens (including phenoxy) is 1. The highest BCUT2D eigenvalue weighted by molar-refractivity contribution is 8.06. The van der Waals surface area contributed by atoms with E-state index in [9.17, 15) is 0 Å². The van der Waals surface area contributed by atoms with Crippen molar-refractivity contribution in [3.8, 4) is 0 Å². The van der Waals surface area contributed by atoms with Gasteiger partial charge in [0.15, 0.2) is 11.5 Å². The van der Waals surface area contributed by atoms with Gasteiger partial charge in [0.05, 0.1) is 24.6 Å². The van der Waals surface area contributed by atoms with Crippen molar-refractivity contribution in [1.82, 2.24) is 19.6 Å². The van der Waals surface area contributed by atoms with Crippen molar-refractivity contribution in [3.63, 3.8) is 0 Å². The summed E-state index contributed by atoms with van der Waals surface area (Å²) in [5, 5.41) is 4.12. The fourth-order valence-electron chi connectivity index (χ4n) is 2.30. The van der Waals surface area contributed by atoms with E-state index in [0.29, 0.717) is 17.9 Å². The molecule has 2 atom stereocenters. The number of hydrogen-bond donors (Lipinski definition) is 3. The van der Waals surface area contributed by atoms with Crippen LogP contribution in [0.5, 0.6) is 0 Å². The number of imidazole rings is 1. The third kappa shape index (κ3) is 3.20. The summed E-state index contributed by atoms with van der Waals surface area (Å²) in [6.45, 7) is -3.59. The van der Waals surface area contributed by atoms with Gasteiger partial charge >= 0.3 is 6.72 Å². The maximum atomic E-state index is 9.06. The van der Waals surface area contributed by atoms with Gasteiger partial charge in [-0.25, -0.2) is 14.5 Å². The molecule has 9 nitrogen and oxygen atoms in total. The van der Waals surface area contributed by atoms with Crippen LogP contribution in [0.3, 0.4) is 0 Å². The number of aromatic nitrogens is 4. The minimum Gasteiger partial charge on any atom is -0.381 e. The third-order valence-corrected chi connectivity index (χ3v) is 4.03. The summed E-state index contributed by atoms with van der Waals surface area (Å²) >= 11 is 4.41. The highest BCUT2D eigenvalue weighted by Gasteiger charge is 2.30. The van der Waals surface area contributed by atoms with E-state index in [1.54, 1.807) is 10.7 Å². The van der Waals surface area contributed by atoms with Crippen LogP contribution in [-0.2, 0) is 21.1 Å². The molecule has 2 aromatic heterocycles. The van der Waals surface area contributed by atoms with Crippen LogP contribution in [0, 0.1) is 0 Å². The van der Waals surface area contributed by atoms with Crippen LogP contribution in [0.2, 0.25) is 0 Å². The van der Waals surface area contributed by atoms with Gasteiger partial charge in [-0.05, 0) is 24.6 Å². The van der Waals surface area contributed by atoms with E-state index in [-0.39, 0.29) is 18.8 Å². The van der Waals surface area contributed by atoms with Crippen LogP contribution in [-0.4, -0.2) is 42.1 Å². The monoisotopic (exact) mass is 331 g/mol. The van der Waals surface area contributed by atoms with Gasteiger partial charge in [-0.1, -0.05) is 0 Å². The molecule has 1 fully saturated rings. The van der Waals surface area contributed by atoms with Gasteiger partial charge in [0.1, 0.15) is 12.4 Å². The maximum absolute atomic E-state index is 9.06. The summed E-state index contributed by atoms with van der Waals surface area (Å²) in [4.78, 5) is 26.2. The standard InChI is InChI=1S/C10H14N5O4PS/c11-9-10-12-3-7(15(10)14-5-13-9)8-2-1-6(19-8)4-18-20(16,17)21/h3,5-6,8H,1-2,4H2,(H2,11,13,14)(H2,16,17,21)/t6-,8+/m0/s1. The van der Waals surface area contributed by atoms with E-state index in [0.717, 1.165) is 12.1 Å². The van der Waals surface area contributed by atoms with Gasteiger partial charge in [0, 0.05) is 0 Å². The largest absolute Gasteiger partial charge is 0.381 e. The van der Waals surface area contributed by atoms with E-state index >= 15 is 0 Å². The Morgan fingerprint density at radius 2 is 2.29 bits per heavy atom. The molecule has 1 aliphatic heterocycles. The first kappa shape index (κ1) is 14.8. The summed E-state index contributed by atoms with van der Waals surface area (Å²) in [5.41, 5.74) is 6.99. The molecule has 0 spiro atoms. The van der Waals surface area contributed by atoms with Crippen LogP contribution in [0.1, 0.15) is 24.6 Å². The summed E-state index contributed by atoms with van der Waals surface area (Å²) in [5.74, 6) is 0.301. The van der Waals surface area contributed by atoms with Crippen molar-refractivity contribution in [1.29, 1.82) is 0 Å². The molecular weight excluding hydrogens is 317 g/mol. The number of anilines is 1. The van der Waals surface area contributed by atoms with Crippen molar-refractivity contribution < 1.29 is 19.0 Å². The highest BCUT2D eigenvalue weighted by Crippen LogP contribution is 2.39. The molecule has 0 bridgehead atoms. The van der Waals surface area contributed by atoms with E-state index in [2.05, 4.69) is 26.9 Å². The topological polar surface area (TPSA) is 128 Å². The Balaban J connectivity index is 1.73. The number of hydrogen-bond acceptors (Lipinski definition) is 7. The molecule has 0 saturated carbocycles. The Bertz CT molecular complexity index is 704. The second-order valence-corrected chi connectivity index (χ2v) is 7.34. The predicted molar refractivity (Wildman–Crippen MR) is 76.7 cm³/mol. The molecule has 3 rings (SSSR count). The molecule has 0 radical (unpaired) electrons. The number of nitrogens with zero attached hydrogens (tertiary/aromatic N) is 4. The molecule has 0 unspecified atom stereocenters. The maximum Gasteiger partial charge on any atom is 0.321 e. The van der Waals surface area contributed by atoms with Crippen LogP contribution in [0.15, 0.2) is 12.5 Å². The van der Waals surface area contributed by atoms with E-state index < -0.39 is 6.72 Å². The summed E-state index contributed by atoms with van der Waals surface area (Å²) < 4.78 is 12.2. The lowest BCUT2D eigenvalue weighted by Gasteiger charge is -2.15. The lowest BCUT2D eigenvalue weighted by Crippen LogP contribution is -2.14. The van der Waals surface area contributed by atoms with Crippen molar-refractivity contribution in [2.24, 2.45) is 0 Å². The lowest BCUT2D eigenvalue weighted by molar-refractivity contribution is 0.0117. The summed E-state index contributed by atoms with van der Waals surface area (Å²) in [7, 11) is 0. The van der Waals surface area contributed by atoms with E-state index in [1.807, 2.05) is 0 Å². The fourth-order valence-corrected chi connectivity index (χ4v) is 2.84. The van der Waals surface area contributed by atoms with Crippen LogP contribution in [0.25, 0.3) is 5.65 Å². The molecule has 11 heteroatoms. The Labute approximate surface area is 125 Å². The molecule has 0 aromatic carbocycles. The predicted octanol–water partition coefficient (Wildman–Crippen LogP) is 0.152. The van der Waals surface area contributed by atoms with Crippen molar-refractivity contribution in [3.05, 3.63) is 18.2 Å². The number of nitrogen functional groups attached to an aromatic ring is 1. The molecular formula is C10H14N5O4PS. The fraction of sp³-hybridized carbons (Fsp3) is 0.500. The number of rotatable bonds is 4. The molecule has 4 N–H and O–H groups in total.